The predicted molar refractivity (Wildman–Crippen MR) is 104 cm³/mol. The van der Waals surface area contributed by atoms with Crippen LogP contribution in [0.1, 0.15) is 44.9 Å². The van der Waals surface area contributed by atoms with Gasteiger partial charge in [0.1, 0.15) is 10.8 Å². The highest BCUT2D eigenvalue weighted by Crippen LogP contribution is 2.56. The maximum absolute atomic E-state index is 13.7. The molecule has 3 aliphatic rings. The molecule has 168 valence electrons. The maximum Gasteiger partial charge on any atom is 0.334 e. The molecule has 3 aliphatic carbocycles. The Morgan fingerprint density at radius 1 is 0.677 bits per heavy atom. The van der Waals surface area contributed by atoms with Crippen LogP contribution in [-0.4, -0.2) is 58.1 Å². The van der Waals surface area contributed by atoms with Crippen molar-refractivity contribution in [3.63, 3.8) is 0 Å². The van der Waals surface area contributed by atoms with E-state index in [9.17, 15) is 24.0 Å². The first-order valence-corrected chi connectivity index (χ1v) is 10.0. The number of fused-ring (bicyclic) bond motifs is 2. The Labute approximate surface area is 179 Å². The van der Waals surface area contributed by atoms with E-state index in [1.54, 1.807) is 0 Å². The number of esters is 4. The molecule has 1 fully saturated rings. The van der Waals surface area contributed by atoms with Gasteiger partial charge in [-0.15, -0.1) is 0 Å². The fraction of sp³-hybridized carbons (Fsp3) is 0.591. The van der Waals surface area contributed by atoms with E-state index in [-0.39, 0.29) is 49.7 Å². The molecule has 0 aromatic rings. The topological polar surface area (TPSA) is 122 Å². The van der Waals surface area contributed by atoms with Crippen molar-refractivity contribution in [1.82, 2.24) is 0 Å². The van der Waals surface area contributed by atoms with Crippen LogP contribution in [0, 0.1) is 10.8 Å². The van der Waals surface area contributed by atoms with E-state index < -0.39 is 40.5 Å². The Kier molecular flexibility index (Phi) is 6.07. The second kappa shape index (κ2) is 8.28. The first kappa shape index (κ1) is 22.7. The Balaban J connectivity index is 2.18. The molecule has 0 heterocycles. The van der Waals surface area contributed by atoms with Gasteiger partial charge in [0, 0.05) is 12.8 Å². The number of carbonyl (C=O) groups is 5. The van der Waals surface area contributed by atoms with E-state index in [0.29, 0.717) is 17.6 Å². The second-order valence-electron chi connectivity index (χ2n) is 8.18. The van der Waals surface area contributed by atoms with Crippen molar-refractivity contribution in [1.29, 1.82) is 0 Å². The third-order valence-corrected chi connectivity index (χ3v) is 6.77. The van der Waals surface area contributed by atoms with Crippen LogP contribution in [0.3, 0.4) is 0 Å². The Bertz CT molecular complexity index is 855. The first-order valence-electron chi connectivity index (χ1n) is 10.0. The monoisotopic (exact) mass is 434 g/mol. The Hall–Kier alpha value is -2.97. The zero-order valence-corrected chi connectivity index (χ0v) is 18.1. The molecule has 0 amide bonds. The molecule has 0 radical (unpaired) electrons. The molecule has 0 unspecified atom stereocenters. The minimum absolute atomic E-state index is 0.0154. The highest BCUT2D eigenvalue weighted by Gasteiger charge is 2.63. The summed E-state index contributed by atoms with van der Waals surface area (Å²) in [6.45, 7) is 0. The summed E-state index contributed by atoms with van der Waals surface area (Å²) in [6.07, 6.45) is 0.996. The number of rotatable bonds is 4. The molecule has 0 aromatic carbocycles. The van der Waals surface area contributed by atoms with Crippen molar-refractivity contribution in [3.05, 3.63) is 22.3 Å². The van der Waals surface area contributed by atoms with Crippen LogP contribution in [0.25, 0.3) is 0 Å². The number of ether oxygens (including phenoxy) is 4. The van der Waals surface area contributed by atoms with Crippen molar-refractivity contribution in [3.8, 4) is 0 Å². The van der Waals surface area contributed by atoms with Gasteiger partial charge in [-0.3, -0.25) is 14.4 Å². The van der Waals surface area contributed by atoms with Gasteiger partial charge in [-0.2, -0.15) is 0 Å². The standard InChI is InChI=1S/C22H26O9/c1-28-16(23)14-8-12-10-21(19(26)30-3)6-5-7-22(18(21)25,20(27)31-4)11-13(12)9-15(14)17(24)29-2/h5-11H2,1-4H3/t21-,22+. The van der Waals surface area contributed by atoms with Gasteiger partial charge in [0.15, 0.2) is 5.78 Å². The SMILES string of the molecule is COC(=O)C1=C(C(=O)OC)CC2=C(C1)C[C@]1(C(=O)OC)CCC[C@](C(=O)OC)(C2)C1=O. The molecule has 0 saturated heterocycles. The number of ketones is 1. The summed E-state index contributed by atoms with van der Waals surface area (Å²) in [7, 11) is 4.82. The Morgan fingerprint density at radius 2 is 1.06 bits per heavy atom. The summed E-state index contributed by atoms with van der Waals surface area (Å²) >= 11 is 0. The highest BCUT2D eigenvalue weighted by atomic mass is 16.5. The lowest BCUT2D eigenvalue weighted by atomic mass is 9.59. The molecule has 0 N–H and O–H groups in total. The van der Waals surface area contributed by atoms with Gasteiger partial charge in [-0.1, -0.05) is 17.6 Å². The summed E-state index contributed by atoms with van der Waals surface area (Å²) in [6, 6.07) is 0. The first-order chi connectivity index (χ1) is 14.7. The number of carbonyl (C=O) groups excluding carboxylic acids is 5. The second-order valence-corrected chi connectivity index (χ2v) is 8.18. The summed E-state index contributed by atoms with van der Waals surface area (Å²) in [5.41, 5.74) is -1.49. The quantitative estimate of drug-likeness (QED) is 0.281. The summed E-state index contributed by atoms with van der Waals surface area (Å²) in [4.78, 5) is 64.3. The number of hydrogen-bond acceptors (Lipinski definition) is 9. The van der Waals surface area contributed by atoms with Gasteiger partial charge in [0.25, 0.3) is 0 Å². The predicted octanol–water partition coefficient (Wildman–Crippen LogP) is 1.58. The summed E-state index contributed by atoms with van der Waals surface area (Å²) in [5, 5.41) is 0. The average Bonchev–Trinajstić information content (AvgIpc) is 2.84. The number of methoxy groups -OCH3 is 4. The molecule has 2 bridgehead atoms. The van der Waals surface area contributed by atoms with Crippen LogP contribution in [-0.2, 0) is 42.9 Å². The molecule has 31 heavy (non-hydrogen) atoms. The molecule has 2 atom stereocenters. The third kappa shape index (κ3) is 3.36. The van der Waals surface area contributed by atoms with Crippen molar-refractivity contribution in [2.75, 3.05) is 28.4 Å². The number of hydrogen-bond donors (Lipinski definition) is 0. The molecule has 3 rings (SSSR count). The van der Waals surface area contributed by atoms with E-state index in [1.165, 1.54) is 28.4 Å². The van der Waals surface area contributed by atoms with E-state index in [4.69, 9.17) is 18.9 Å². The lowest BCUT2D eigenvalue weighted by Gasteiger charge is -2.41. The van der Waals surface area contributed by atoms with Crippen LogP contribution in [0.5, 0.6) is 0 Å². The van der Waals surface area contributed by atoms with Crippen molar-refractivity contribution >= 4 is 29.7 Å². The van der Waals surface area contributed by atoms with Crippen molar-refractivity contribution < 1.29 is 42.9 Å². The van der Waals surface area contributed by atoms with Crippen molar-refractivity contribution in [2.24, 2.45) is 10.8 Å². The van der Waals surface area contributed by atoms with E-state index in [0.717, 1.165) is 0 Å². The van der Waals surface area contributed by atoms with Gasteiger partial charge in [0.05, 0.1) is 39.6 Å². The minimum Gasteiger partial charge on any atom is -0.468 e. The number of Topliss-reactive ketones (excluding diaryl/α,β-unsaturated/α-hetero) is 1. The molecular weight excluding hydrogens is 408 g/mol. The van der Waals surface area contributed by atoms with E-state index >= 15 is 0 Å². The smallest absolute Gasteiger partial charge is 0.334 e. The molecule has 0 spiro atoms. The largest absolute Gasteiger partial charge is 0.468 e. The molecule has 9 nitrogen and oxygen atoms in total. The van der Waals surface area contributed by atoms with Crippen LogP contribution >= 0.6 is 0 Å². The zero-order chi connectivity index (χ0) is 23.0. The van der Waals surface area contributed by atoms with Gasteiger partial charge < -0.3 is 18.9 Å². The molecule has 1 saturated carbocycles. The molecule has 9 heteroatoms. The van der Waals surface area contributed by atoms with Crippen LogP contribution in [0.2, 0.25) is 0 Å². The summed E-state index contributed by atoms with van der Waals surface area (Å²) < 4.78 is 19.7. The zero-order valence-electron chi connectivity index (χ0n) is 18.1. The van der Waals surface area contributed by atoms with Crippen LogP contribution in [0.15, 0.2) is 22.3 Å². The van der Waals surface area contributed by atoms with Gasteiger partial charge >= 0.3 is 23.9 Å². The Morgan fingerprint density at radius 3 is 1.39 bits per heavy atom. The third-order valence-electron chi connectivity index (χ3n) is 6.77. The lowest BCUT2D eigenvalue weighted by molar-refractivity contribution is -0.173. The molecular formula is C22H26O9. The summed E-state index contributed by atoms with van der Waals surface area (Å²) in [5.74, 6) is -3.29. The van der Waals surface area contributed by atoms with E-state index in [2.05, 4.69) is 0 Å². The van der Waals surface area contributed by atoms with Crippen molar-refractivity contribution in [2.45, 2.75) is 44.9 Å². The van der Waals surface area contributed by atoms with Gasteiger partial charge in [-0.05, 0) is 25.7 Å². The fourth-order valence-corrected chi connectivity index (χ4v) is 5.27. The van der Waals surface area contributed by atoms with Gasteiger partial charge in [-0.25, -0.2) is 9.59 Å². The van der Waals surface area contributed by atoms with Crippen LogP contribution in [0.4, 0.5) is 0 Å². The van der Waals surface area contributed by atoms with E-state index in [1.807, 2.05) is 0 Å². The maximum atomic E-state index is 13.7. The molecule has 0 aromatic heterocycles. The molecule has 0 aliphatic heterocycles. The normalized spacial score (nSPS) is 27.7. The van der Waals surface area contributed by atoms with Crippen LogP contribution < -0.4 is 0 Å². The minimum atomic E-state index is -1.54. The lowest BCUT2D eigenvalue weighted by Crippen LogP contribution is -2.54. The fourth-order valence-electron chi connectivity index (χ4n) is 5.27. The van der Waals surface area contributed by atoms with Gasteiger partial charge in [0.2, 0.25) is 0 Å². The highest BCUT2D eigenvalue weighted by molar-refractivity contribution is 6.16. The average molecular weight is 434 g/mol. The number of allylic oxidation sites excluding steroid dienone is 2.